The van der Waals surface area contributed by atoms with E-state index in [2.05, 4.69) is 9.97 Å². The van der Waals surface area contributed by atoms with E-state index in [4.69, 9.17) is 0 Å². The highest BCUT2D eigenvalue weighted by molar-refractivity contribution is 6.33. The molecule has 0 aliphatic rings. The molecular formula is C24H18F2N2O4. The highest BCUT2D eigenvalue weighted by Crippen LogP contribution is 2.30. The standard InChI is InChI=1S/C24H18F2N2O4/c25-14-6-3-5-13(11-14)22(31)20(24-27-17-9-1-2-10-18(17)28-24)23(32)16-8-4-7-15(21(16)26)19(30)12-29/h1-11,19,29-31H,12H2,(H,27,28)/b22-20+/t19-/m0/s1. The number of imidazole rings is 1. The Morgan fingerprint density at radius 1 is 1.03 bits per heavy atom. The summed E-state index contributed by atoms with van der Waals surface area (Å²) in [5, 5.41) is 30.0. The number of H-pyrrole nitrogens is 1. The van der Waals surface area contributed by atoms with Crippen LogP contribution in [0.15, 0.2) is 66.7 Å². The molecule has 4 aromatic rings. The molecule has 1 heterocycles. The van der Waals surface area contributed by atoms with Gasteiger partial charge >= 0.3 is 0 Å². The van der Waals surface area contributed by atoms with Crippen molar-refractivity contribution in [2.24, 2.45) is 0 Å². The lowest BCUT2D eigenvalue weighted by atomic mass is 9.95. The molecule has 0 fully saturated rings. The minimum atomic E-state index is -1.53. The molecule has 0 bridgehead atoms. The summed E-state index contributed by atoms with van der Waals surface area (Å²) in [6.07, 6.45) is -1.53. The van der Waals surface area contributed by atoms with E-state index in [1.54, 1.807) is 24.3 Å². The molecule has 0 unspecified atom stereocenters. The van der Waals surface area contributed by atoms with E-state index in [0.717, 1.165) is 6.07 Å². The second kappa shape index (κ2) is 8.70. The maximum absolute atomic E-state index is 15.1. The summed E-state index contributed by atoms with van der Waals surface area (Å²) in [6.45, 7) is -0.741. The summed E-state index contributed by atoms with van der Waals surface area (Å²) in [7, 11) is 0. The SMILES string of the molecule is O=C(/C(=C(\O)c1cccc(F)c1)c1nc2ccccc2[nH]1)c1cccc([C@@H](O)CO)c1F. The molecule has 0 saturated heterocycles. The molecule has 0 aliphatic heterocycles. The number of rotatable bonds is 6. The molecule has 32 heavy (non-hydrogen) atoms. The Balaban J connectivity index is 1.94. The summed E-state index contributed by atoms with van der Waals surface area (Å²) < 4.78 is 28.9. The first kappa shape index (κ1) is 21.4. The van der Waals surface area contributed by atoms with E-state index >= 15 is 4.39 Å². The van der Waals surface area contributed by atoms with Crippen molar-refractivity contribution in [3.05, 3.63) is 101 Å². The second-order valence-corrected chi connectivity index (χ2v) is 7.07. The van der Waals surface area contributed by atoms with E-state index in [1.165, 1.54) is 36.4 Å². The van der Waals surface area contributed by atoms with Gasteiger partial charge < -0.3 is 20.3 Å². The van der Waals surface area contributed by atoms with Crippen molar-refractivity contribution in [2.45, 2.75) is 6.10 Å². The summed E-state index contributed by atoms with van der Waals surface area (Å²) >= 11 is 0. The van der Waals surface area contributed by atoms with Gasteiger partial charge in [-0.15, -0.1) is 0 Å². The Bertz CT molecular complexity index is 1310. The van der Waals surface area contributed by atoms with Gasteiger partial charge in [0.1, 0.15) is 34.9 Å². The number of carbonyl (C=O) groups is 1. The van der Waals surface area contributed by atoms with E-state index in [9.17, 15) is 24.5 Å². The molecule has 0 spiro atoms. The number of aliphatic hydroxyl groups is 3. The molecule has 4 rings (SSSR count). The van der Waals surface area contributed by atoms with Crippen molar-refractivity contribution in [3.63, 3.8) is 0 Å². The minimum absolute atomic E-state index is 0.000705. The van der Waals surface area contributed by atoms with Crippen LogP contribution in [-0.4, -0.2) is 37.7 Å². The Morgan fingerprint density at radius 2 is 1.78 bits per heavy atom. The normalized spacial score (nSPS) is 13.1. The predicted octanol–water partition coefficient (Wildman–Crippen LogP) is 4.18. The number of halogens is 2. The van der Waals surface area contributed by atoms with Crippen LogP contribution < -0.4 is 0 Å². The zero-order valence-electron chi connectivity index (χ0n) is 16.6. The quantitative estimate of drug-likeness (QED) is 0.206. The van der Waals surface area contributed by atoms with Crippen molar-refractivity contribution < 1.29 is 28.9 Å². The van der Waals surface area contributed by atoms with Crippen LogP contribution in [0.2, 0.25) is 0 Å². The first-order valence-corrected chi connectivity index (χ1v) is 9.67. The third-order valence-corrected chi connectivity index (χ3v) is 4.99. The summed E-state index contributed by atoms with van der Waals surface area (Å²) in [6, 6.07) is 15.6. The van der Waals surface area contributed by atoms with Gasteiger partial charge in [0.05, 0.1) is 23.2 Å². The Kier molecular flexibility index (Phi) is 5.81. The molecule has 0 saturated carbocycles. The zero-order chi connectivity index (χ0) is 22.8. The van der Waals surface area contributed by atoms with Gasteiger partial charge in [-0.1, -0.05) is 36.4 Å². The van der Waals surface area contributed by atoms with Gasteiger partial charge in [-0.05, 0) is 30.3 Å². The van der Waals surface area contributed by atoms with Gasteiger partial charge in [0.25, 0.3) is 0 Å². The zero-order valence-corrected chi connectivity index (χ0v) is 16.6. The minimum Gasteiger partial charge on any atom is -0.506 e. The average Bonchev–Trinajstić information content (AvgIpc) is 3.22. The van der Waals surface area contributed by atoms with Gasteiger partial charge in [0, 0.05) is 11.1 Å². The Labute approximate surface area is 181 Å². The molecule has 4 N–H and O–H groups in total. The van der Waals surface area contributed by atoms with Crippen molar-refractivity contribution in [3.8, 4) is 0 Å². The number of para-hydroxylation sites is 2. The number of Topliss-reactive ketones (excluding diaryl/α,β-unsaturated/α-hetero) is 1. The fourth-order valence-corrected chi connectivity index (χ4v) is 3.39. The number of aromatic amines is 1. The highest BCUT2D eigenvalue weighted by atomic mass is 19.1. The number of nitrogens with one attached hydrogen (secondary N) is 1. The molecule has 6 nitrogen and oxygen atoms in total. The second-order valence-electron chi connectivity index (χ2n) is 7.07. The lowest BCUT2D eigenvalue weighted by Gasteiger charge is -2.13. The predicted molar refractivity (Wildman–Crippen MR) is 115 cm³/mol. The first-order valence-electron chi connectivity index (χ1n) is 9.67. The highest BCUT2D eigenvalue weighted by Gasteiger charge is 2.27. The monoisotopic (exact) mass is 436 g/mol. The number of fused-ring (bicyclic) bond motifs is 1. The third-order valence-electron chi connectivity index (χ3n) is 4.99. The number of hydrogen-bond acceptors (Lipinski definition) is 5. The molecule has 1 aromatic heterocycles. The molecule has 0 aliphatic carbocycles. The van der Waals surface area contributed by atoms with Gasteiger partial charge in [-0.25, -0.2) is 13.8 Å². The van der Waals surface area contributed by atoms with Crippen LogP contribution in [0.1, 0.15) is 33.4 Å². The van der Waals surface area contributed by atoms with Crippen molar-refractivity contribution in [2.75, 3.05) is 6.61 Å². The summed E-state index contributed by atoms with van der Waals surface area (Å²) in [5.41, 5.74) is -0.0161. The number of aromatic nitrogens is 2. The number of ketones is 1. The van der Waals surface area contributed by atoms with Gasteiger partial charge in [-0.3, -0.25) is 4.79 Å². The summed E-state index contributed by atoms with van der Waals surface area (Å²) in [5.74, 6) is -3.24. The lowest BCUT2D eigenvalue weighted by Crippen LogP contribution is -2.13. The van der Waals surface area contributed by atoms with Crippen LogP contribution >= 0.6 is 0 Å². The smallest absolute Gasteiger partial charge is 0.203 e. The molecule has 3 aromatic carbocycles. The molecule has 0 amide bonds. The van der Waals surface area contributed by atoms with Gasteiger partial charge in [-0.2, -0.15) is 0 Å². The lowest BCUT2D eigenvalue weighted by molar-refractivity contribution is 0.0920. The first-order chi connectivity index (χ1) is 15.4. The van der Waals surface area contributed by atoms with E-state index in [-0.39, 0.29) is 22.5 Å². The molecule has 0 radical (unpaired) electrons. The molecule has 162 valence electrons. The third kappa shape index (κ3) is 3.89. The van der Waals surface area contributed by atoms with Crippen LogP contribution in [0, 0.1) is 11.6 Å². The van der Waals surface area contributed by atoms with Crippen molar-refractivity contribution in [1.82, 2.24) is 9.97 Å². The van der Waals surface area contributed by atoms with Gasteiger partial charge in [0.2, 0.25) is 5.78 Å². The van der Waals surface area contributed by atoms with E-state index in [0.29, 0.717) is 11.0 Å². The maximum Gasteiger partial charge on any atom is 0.203 e. The number of nitrogens with zero attached hydrogens (tertiary/aromatic N) is 1. The van der Waals surface area contributed by atoms with Crippen LogP contribution in [0.5, 0.6) is 0 Å². The largest absolute Gasteiger partial charge is 0.506 e. The van der Waals surface area contributed by atoms with Crippen LogP contribution in [-0.2, 0) is 0 Å². The Morgan fingerprint density at radius 3 is 2.50 bits per heavy atom. The van der Waals surface area contributed by atoms with Crippen molar-refractivity contribution in [1.29, 1.82) is 0 Å². The number of benzene rings is 3. The number of allylic oxidation sites excluding steroid dienone is 1. The molecule has 8 heteroatoms. The van der Waals surface area contributed by atoms with Crippen LogP contribution in [0.4, 0.5) is 8.78 Å². The van der Waals surface area contributed by atoms with Gasteiger partial charge in [0.15, 0.2) is 0 Å². The maximum atomic E-state index is 15.1. The topological polar surface area (TPSA) is 106 Å². The van der Waals surface area contributed by atoms with Crippen molar-refractivity contribution >= 4 is 28.1 Å². The number of aliphatic hydroxyl groups excluding tert-OH is 3. The van der Waals surface area contributed by atoms with Crippen LogP contribution in [0.3, 0.4) is 0 Å². The van der Waals surface area contributed by atoms with E-state index < -0.39 is 41.5 Å². The summed E-state index contributed by atoms with van der Waals surface area (Å²) in [4.78, 5) is 20.7. The molecular weight excluding hydrogens is 418 g/mol. The van der Waals surface area contributed by atoms with Crippen LogP contribution in [0.25, 0.3) is 22.4 Å². The Hall–Kier alpha value is -3.88. The average molecular weight is 436 g/mol. The molecule has 1 atom stereocenters. The number of carbonyl (C=O) groups excluding carboxylic acids is 1. The van der Waals surface area contributed by atoms with E-state index in [1.807, 2.05) is 0 Å². The fraction of sp³-hybridized carbons (Fsp3) is 0.0833. The number of hydrogen-bond donors (Lipinski definition) is 4. The fourth-order valence-electron chi connectivity index (χ4n) is 3.39.